The second-order valence-corrected chi connectivity index (χ2v) is 7.88. The number of benzene rings is 2. The van der Waals surface area contributed by atoms with Crippen LogP contribution in [0.15, 0.2) is 53.3 Å². The Morgan fingerprint density at radius 2 is 1.91 bits per heavy atom. The van der Waals surface area contributed by atoms with E-state index < -0.39 is 5.91 Å². The smallest absolute Gasteiger partial charge is 0.280 e. The highest BCUT2D eigenvalue weighted by molar-refractivity contribution is 6.30. The molecule has 9 heteroatoms. The lowest BCUT2D eigenvalue weighted by atomic mass is 10.1. The van der Waals surface area contributed by atoms with Gasteiger partial charge in [-0.2, -0.15) is 0 Å². The van der Waals surface area contributed by atoms with Gasteiger partial charge in [0.25, 0.3) is 5.91 Å². The van der Waals surface area contributed by atoms with Crippen LogP contribution in [0.1, 0.15) is 38.5 Å². The van der Waals surface area contributed by atoms with Gasteiger partial charge in [0.05, 0.1) is 12.1 Å². The van der Waals surface area contributed by atoms with Crippen molar-refractivity contribution in [2.24, 2.45) is 0 Å². The normalized spacial score (nSPS) is 10.9. The summed E-state index contributed by atoms with van der Waals surface area (Å²) in [6.07, 6.45) is 1.54. The first-order valence-electron chi connectivity index (χ1n) is 9.99. The van der Waals surface area contributed by atoms with Crippen LogP contribution in [0.2, 0.25) is 5.02 Å². The molecule has 0 aliphatic carbocycles. The number of halogens is 1. The van der Waals surface area contributed by atoms with Crippen LogP contribution < -0.4 is 10.1 Å². The molecule has 2 heterocycles. The first kappa shape index (κ1) is 21.6. The highest BCUT2D eigenvalue weighted by Gasteiger charge is 2.21. The van der Waals surface area contributed by atoms with Crippen LogP contribution in [0.5, 0.6) is 5.75 Å². The van der Waals surface area contributed by atoms with Crippen molar-refractivity contribution in [3.05, 3.63) is 87.5 Å². The third-order valence-electron chi connectivity index (χ3n) is 5.08. The van der Waals surface area contributed by atoms with Gasteiger partial charge in [-0.3, -0.25) is 10.1 Å². The largest absolute Gasteiger partial charge is 0.489 e. The second kappa shape index (κ2) is 9.23. The highest BCUT2D eigenvalue weighted by Crippen LogP contribution is 2.21. The molecule has 0 aliphatic rings. The molecule has 0 bridgehead atoms. The molecule has 0 radical (unpaired) electrons. The van der Waals surface area contributed by atoms with Gasteiger partial charge in [-0.25, -0.2) is 9.67 Å². The zero-order valence-electron chi connectivity index (χ0n) is 17.9. The molecule has 1 N–H and O–H groups in total. The van der Waals surface area contributed by atoms with Crippen LogP contribution in [0.3, 0.4) is 0 Å². The summed E-state index contributed by atoms with van der Waals surface area (Å²) >= 11 is 5.91. The van der Waals surface area contributed by atoms with Gasteiger partial charge in [-0.05, 0) is 61.7 Å². The Bertz CT molecular complexity index is 1250. The average molecular weight is 452 g/mol. The Morgan fingerprint density at radius 1 is 1.12 bits per heavy atom. The Hall–Kier alpha value is -3.65. The number of hydrogen-bond donors (Lipinski definition) is 1. The minimum atomic E-state index is -0.468. The van der Waals surface area contributed by atoms with E-state index in [0.717, 1.165) is 11.1 Å². The van der Waals surface area contributed by atoms with Crippen molar-refractivity contribution in [3.63, 3.8) is 0 Å². The molecular formula is C23H22ClN5O3. The zero-order chi connectivity index (χ0) is 22.7. The lowest BCUT2D eigenvalue weighted by Gasteiger charge is -2.08. The minimum Gasteiger partial charge on any atom is -0.489 e. The van der Waals surface area contributed by atoms with Crippen LogP contribution in [-0.4, -0.2) is 25.8 Å². The van der Waals surface area contributed by atoms with E-state index in [1.54, 1.807) is 17.9 Å². The van der Waals surface area contributed by atoms with Crippen molar-refractivity contribution in [2.75, 3.05) is 5.32 Å². The molecule has 164 valence electrons. The molecule has 32 heavy (non-hydrogen) atoms. The number of anilines is 1. The fraction of sp³-hybridized carbons (Fsp3) is 0.217. The zero-order valence-corrected chi connectivity index (χ0v) is 18.7. The summed E-state index contributed by atoms with van der Waals surface area (Å²) in [5, 5.41) is 11.5. The van der Waals surface area contributed by atoms with Crippen molar-refractivity contribution < 1.29 is 14.1 Å². The molecule has 0 saturated heterocycles. The van der Waals surface area contributed by atoms with E-state index in [9.17, 15) is 4.79 Å². The first-order chi connectivity index (χ1) is 15.4. The SMILES string of the molecule is Cc1ccc(OCc2c(C(=O)Nc3ncn(Cc4ccc(Cl)cc4)n3)noc2C)cc1C. The molecule has 2 aromatic carbocycles. The summed E-state index contributed by atoms with van der Waals surface area (Å²) in [5.74, 6) is 0.929. The molecule has 0 spiro atoms. The Labute approximate surface area is 190 Å². The van der Waals surface area contributed by atoms with Gasteiger partial charge in [-0.15, -0.1) is 5.10 Å². The fourth-order valence-corrected chi connectivity index (χ4v) is 3.19. The molecule has 4 rings (SSSR count). The number of nitrogens with zero attached hydrogens (tertiary/aromatic N) is 4. The van der Waals surface area contributed by atoms with Gasteiger partial charge in [0.1, 0.15) is 24.4 Å². The van der Waals surface area contributed by atoms with Gasteiger partial charge in [0.15, 0.2) is 5.69 Å². The molecule has 0 unspecified atom stereocenters. The Balaban J connectivity index is 1.42. The lowest BCUT2D eigenvalue weighted by Crippen LogP contribution is -2.16. The lowest BCUT2D eigenvalue weighted by molar-refractivity contribution is 0.101. The van der Waals surface area contributed by atoms with Gasteiger partial charge in [-0.1, -0.05) is 35.0 Å². The van der Waals surface area contributed by atoms with Crippen molar-refractivity contribution in [1.29, 1.82) is 0 Å². The van der Waals surface area contributed by atoms with Gasteiger partial charge < -0.3 is 9.26 Å². The van der Waals surface area contributed by atoms with E-state index in [2.05, 4.69) is 20.6 Å². The molecule has 1 amide bonds. The van der Waals surface area contributed by atoms with E-state index in [1.807, 2.05) is 56.3 Å². The van der Waals surface area contributed by atoms with Crippen molar-refractivity contribution in [3.8, 4) is 5.75 Å². The first-order valence-corrected chi connectivity index (χ1v) is 10.4. The molecule has 2 aromatic heterocycles. The maximum atomic E-state index is 12.8. The van der Waals surface area contributed by atoms with E-state index in [4.69, 9.17) is 20.9 Å². The summed E-state index contributed by atoms with van der Waals surface area (Å²) in [6, 6.07) is 13.3. The average Bonchev–Trinajstić information content (AvgIpc) is 3.36. The molecule has 0 fully saturated rings. The van der Waals surface area contributed by atoms with E-state index in [1.165, 1.54) is 5.56 Å². The summed E-state index contributed by atoms with van der Waals surface area (Å²) in [7, 11) is 0. The highest BCUT2D eigenvalue weighted by atomic mass is 35.5. The monoisotopic (exact) mass is 451 g/mol. The second-order valence-electron chi connectivity index (χ2n) is 7.45. The predicted octanol–water partition coefficient (Wildman–Crippen LogP) is 4.72. The third-order valence-corrected chi connectivity index (χ3v) is 5.33. The molecule has 0 atom stereocenters. The van der Waals surface area contributed by atoms with Gasteiger partial charge in [0, 0.05) is 5.02 Å². The molecule has 0 saturated carbocycles. The number of hydrogen-bond acceptors (Lipinski definition) is 6. The third kappa shape index (κ3) is 4.97. The number of aryl methyl sites for hydroxylation is 3. The Kier molecular flexibility index (Phi) is 6.23. The molecular weight excluding hydrogens is 430 g/mol. The number of rotatable bonds is 7. The summed E-state index contributed by atoms with van der Waals surface area (Å²) in [5.41, 5.74) is 4.03. The maximum absolute atomic E-state index is 12.8. The van der Waals surface area contributed by atoms with Crippen molar-refractivity contribution in [1.82, 2.24) is 19.9 Å². The predicted molar refractivity (Wildman–Crippen MR) is 120 cm³/mol. The van der Waals surface area contributed by atoms with Gasteiger partial charge in [0.2, 0.25) is 5.95 Å². The van der Waals surface area contributed by atoms with Crippen LogP contribution in [0.4, 0.5) is 5.95 Å². The molecule has 4 aromatic rings. The van der Waals surface area contributed by atoms with Crippen LogP contribution >= 0.6 is 11.6 Å². The Morgan fingerprint density at radius 3 is 2.66 bits per heavy atom. The minimum absolute atomic E-state index is 0.139. The number of aromatic nitrogens is 4. The van der Waals surface area contributed by atoms with Crippen LogP contribution in [0.25, 0.3) is 0 Å². The summed E-state index contributed by atoms with van der Waals surface area (Å²) in [4.78, 5) is 16.9. The van der Waals surface area contributed by atoms with Crippen LogP contribution in [-0.2, 0) is 13.2 Å². The maximum Gasteiger partial charge on any atom is 0.280 e. The number of carbonyl (C=O) groups excluding carboxylic acids is 1. The van der Waals surface area contributed by atoms with Crippen molar-refractivity contribution >= 4 is 23.5 Å². The topological polar surface area (TPSA) is 95.1 Å². The number of ether oxygens (including phenoxy) is 1. The van der Waals surface area contributed by atoms with E-state index in [0.29, 0.717) is 28.6 Å². The standard InChI is InChI=1S/C23H22ClN5O3/c1-14-4-9-19(10-15(14)2)31-12-20-16(3)32-28-21(20)22(30)26-23-25-13-29(27-23)11-17-5-7-18(24)8-6-17/h4-10,13H,11-12H2,1-3H3,(H,26,27,30). The van der Waals surface area contributed by atoms with Crippen LogP contribution in [0, 0.1) is 20.8 Å². The number of carbonyl (C=O) groups is 1. The molecule has 0 aliphatic heterocycles. The fourth-order valence-electron chi connectivity index (χ4n) is 3.06. The van der Waals surface area contributed by atoms with Crippen molar-refractivity contribution in [2.45, 2.75) is 33.9 Å². The summed E-state index contributed by atoms with van der Waals surface area (Å²) in [6.45, 7) is 6.44. The van der Waals surface area contributed by atoms with Gasteiger partial charge >= 0.3 is 0 Å². The van der Waals surface area contributed by atoms with E-state index >= 15 is 0 Å². The quantitative estimate of drug-likeness (QED) is 0.436. The molecule has 8 nitrogen and oxygen atoms in total. The summed E-state index contributed by atoms with van der Waals surface area (Å²) < 4.78 is 12.7. The number of amides is 1. The number of nitrogens with one attached hydrogen (secondary N) is 1. The van der Waals surface area contributed by atoms with E-state index in [-0.39, 0.29) is 18.2 Å².